The Kier molecular flexibility index (Phi) is 4.61. The first-order valence-electron chi connectivity index (χ1n) is 5.28. The maximum atomic E-state index is 5.68. The summed E-state index contributed by atoms with van der Waals surface area (Å²) in [6, 6.07) is 0. The quantitative estimate of drug-likeness (QED) is 0.795. The molecule has 0 radical (unpaired) electrons. The molecule has 4 nitrogen and oxygen atoms in total. The van der Waals surface area contributed by atoms with E-state index in [9.17, 15) is 0 Å². The first-order valence-corrected chi connectivity index (χ1v) is 5.69. The van der Waals surface area contributed by atoms with Crippen molar-refractivity contribution < 1.29 is 4.74 Å². The van der Waals surface area contributed by atoms with Crippen molar-refractivity contribution in [3.63, 3.8) is 0 Å². The van der Waals surface area contributed by atoms with Gasteiger partial charge in [0, 0.05) is 12.4 Å². The summed E-state index contributed by atoms with van der Waals surface area (Å²) in [4.78, 5) is 8.36. The molecule has 16 heavy (non-hydrogen) atoms. The molecule has 0 saturated heterocycles. The van der Waals surface area contributed by atoms with E-state index in [-0.39, 0.29) is 11.1 Å². The topological polar surface area (TPSA) is 61.0 Å². The van der Waals surface area contributed by atoms with E-state index in [1.165, 1.54) is 0 Å². The Morgan fingerprint density at radius 3 is 2.56 bits per heavy atom. The smallest absolute Gasteiger partial charge is 0.243 e. The highest BCUT2D eigenvalue weighted by molar-refractivity contribution is 7.80. The van der Waals surface area contributed by atoms with E-state index in [1.54, 1.807) is 12.4 Å². The maximum Gasteiger partial charge on any atom is 0.243 e. The largest absolute Gasteiger partial charge is 0.473 e. The van der Waals surface area contributed by atoms with Crippen LogP contribution in [0.2, 0.25) is 0 Å². The summed E-state index contributed by atoms with van der Waals surface area (Å²) in [6.45, 7) is 6.29. The predicted octanol–water partition coefficient (Wildman–Crippen LogP) is 1.92. The van der Waals surface area contributed by atoms with E-state index in [1.807, 2.05) is 6.92 Å². The molecule has 1 atom stereocenters. The molecule has 0 amide bonds. The third-order valence-corrected chi connectivity index (χ3v) is 2.21. The Bertz CT molecular complexity index is 368. The van der Waals surface area contributed by atoms with E-state index in [4.69, 9.17) is 22.7 Å². The van der Waals surface area contributed by atoms with Gasteiger partial charge in [0.1, 0.15) is 4.99 Å². The maximum absolute atomic E-state index is 5.68. The second-order valence-electron chi connectivity index (χ2n) is 4.13. The number of ether oxygens (including phenoxy) is 1. The van der Waals surface area contributed by atoms with Crippen molar-refractivity contribution in [2.45, 2.75) is 33.3 Å². The third kappa shape index (κ3) is 3.73. The SMILES string of the molecule is CC(C)CC(C)Oc1nccnc1C(N)=S. The highest BCUT2D eigenvalue weighted by Crippen LogP contribution is 2.16. The molecule has 1 unspecified atom stereocenters. The van der Waals surface area contributed by atoms with Crippen molar-refractivity contribution >= 4 is 17.2 Å². The molecule has 0 bridgehead atoms. The molecule has 1 rings (SSSR count). The first kappa shape index (κ1) is 12.8. The molecule has 88 valence electrons. The molecule has 1 heterocycles. The van der Waals surface area contributed by atoms with Crippen LogP contribution in [0.5, 0.6) is 5.88 Å². The van der Waals surface area contributed by atoms with E-state index in [2.05, 4.69) is 23.8 Å². The minimum Gasteiger partial charge on any atom is -0.473 e. The summed E-state index contributed by atoms with van der Waals surface area (Å²) in [6.07, 6.45) is 4.14. The molecule has 0 aromatic carbocycles. The zero-order chi connectivity index (χ0) is 12.1. The van der Waals surface area contributed by atoms with Gasteiger partial charge in [-0.1, -0.05) is 26.1 Å². The average Bonchev–Trinajstić information content (AvgIpc) is 2.16. The number of nitrogens with zero attached hydrogens (tertiary/aromatic N) is 2. The fraction of sp³-hybridized carbons (Fsp3) is 0.545. The van der Waals surface area contributed by atoms with Crippen LogP contribution in [0, 0.1) is 5.92 Å². The highest BCUT2D eigenvalue weighted by atomic mass is 32.1. The van der Waals surface area contributed by atoms with Crippen LogP contribution in [0.4, 0.5) is 0 Å². The Labute approximate surface area is 101 Å². The zero-order valence-corrected chi connectivity index (χ0v) is 10.6. The lowest BCUT2D eigenvalue weighted by molar-refractivity contribution is 0.184. The van der Waals surface area contributed by atoms with Crippen LogP contribution >= 0.6 is 12.2 Å². The first-order chi connectivity index (χ1) is 7.50. The molecule has 5 heteroatoms. The average molecular weight is 239 g/mol. The normalized spacial score (nSPS) is 12.5. The zero-order valence-electron chi connectivity index (χ0n) is 9.80. The van der Waals surface area contributed by atoms with Crippen molar-refractivity contribution in [3.05, 3.63) is 18.1 Å². The second-order valence-corrected chi connectivity index (χ2v) is 4.57. The Morgan fingerprint density at radius 1 is 1.38 bits per heavy atom. The van der Waals surface area contributed by atoms with Gasteiger partial charge in [-0.25, -0.2) is 9.97 Å². The van der Waals surface area contributed by atoms with Gasteiger partial charge < -0.3 is 10.5 Å². The number of thiocarbonyl (C=S) groups is 1. The van der Waals surface area contributed by atoms with Crippen LogP contribution in [-0.2, 0) is 0 Å². The molecule has 1 aromatic rings. The number of aromatic nitrogens is 2. The standard InChI is InChI=1S/C11H17N3OS/c1-7(2)6-8(3)15-11-9(10(12)16)13-4-5-14-11/h4-5,7-8H,6H2,1-3H3,(H2,12,16). The van der Waals surface area contributed by atoms with Gasteiger partial charge in [0.2, 0.25) is 5.88 Å². The van der Waals surface area contributed by atoms with E-state index in [0.717, 1.165) is 6.42 Å². The fourth-order valence-corrected chi connectivity index (χ4v) is 1.62. The van der Waals surface area contributed by atoms with Crippen LogP contribution < -0.4 is 10.5 Å². The molecule has 1 aromatic heterocycles. The van der Waals surface area contributed by atoms with E-state index >= 15 is 0 Å². The number of rotatable bonds is 5. The van der Waals surface area contributed by atoms with Gasteiger partial charge in [-0.2, -0.15) is 0 Å². The summed E-state index contributed by atoms with van der Waals surface area (Å²) in [7, 11) is 0. The van der Waals surface area contributed by atoms with Gasteiger partial charge in [0.25, 0.3) is 0 Å². The molecule has 0 spiro atoms. The van der Waals surface area contributed by atoms with Crippen molar-refractivity contribution in [2.24, 2.45) is 11.7 Å². The van der Waals surface area contributed by atoms with Crippen molar-refractivity contribution in [3.8, 4) is 5.88 Å². The summed E-state index contributed by atoms with van der Waals surface area (Å²) >= 11 is 4.89. The molecular weight excluding hydrogens is 222 g/mol. The lowest BCUT2D eigenvalue weighted by Crippen LogP contribution is -2.20. The predicted molar refractivity (Wildman–Crippen MR) is 67.5 cm³/mol. The molecule has 0 saturated carbocycles. The molecule has 2 N–H and O–H groups in total. The molecule has 0 aliphatic heterocycles. The molecule has 0 aliphatic carbocycles. The Morgan fingerprint density at radius 2 is 2.00 bits per heavy atom. The second kappa shape index (κ2) is 5.75. The van der Waals surface area contributed by atoms with Gasteiger partial charge in [0.15, 0.2) is 5.69 Å². The van der Waals surface area contributed by atoms with Gasteiger partial charge in [-0.15, -0.1) is 0 Å². The molecule has 0 aliphatic rings. The van der Waals surface area contributed by atoms with Crippen LogP contribution in [0.25, 0.3) is 0 Å². The van der Waals surface area contributed by atoms with Crippen molar-refractivity contribution in [2.75, 3.05) is 0 Å². The highest BCUT2D eigenvalue weighted by Gasteiger charge is 2.13. The van der Waals surface area contributed by atoms with Gasteiger partial charge in [0.05, 0.1) is 6.10 Å². The summed E-state index contributed by atoms with van der Waals surface area (Å²) in [5.74, 6) is 0.989. The van der Waals surface area contributed by atoms with Crippen molar-refractivity contribution in [1.82, 2.24) is 9.97 Å². The van der Waals surface area contributed by atoms with E-state index in [0.29, 0.717) is 17.5 Å². The summed E-state index contributed by atoms with van der Waals surface area (Å²) in [5.41, 5.74) is 5.99. The lowest BCUT2D eigenvalue weighted by atomic mass is 10.1. The lowest BCUT2D eigenvalue weighted by Gasteiger charge is -2.16. The van der Waals surface area contributed by atoms with Gasteiger partial charge in [-0.05, 0) is 19.3 Å². The van der Waals surface area contributed by atoms with Gasteiger partial charge >= 0.3 is 0 Å². The molecule has 0 fully saturated rings. The summed E-state index contributed by atoms with van der Waals surface area (Å²) in [5, 5.41) is 0. The molecular formula is C11H17N3OS. The minimum absolute atomic E-state index is 0.0739. The van der Waals surface area contributed by atoms with E-state index < -0.39 is 0 Å². The van der Waals surface area contributed by atoms with Crippen molar-refractivity contribution in [1.29, 1.82) is 0 Å². The monoisotopic (exact) mass is 239 g/mol. The fourth-order valence-electron chi connectivity index (χ4n) is 1.48. The van der Waals surface area contributed by atoms with Crippen LogP contribution in [-0.4, -0.2) is 21.1 Å². The Hall–Kier alpha value is -1.23. The third-order valence-electron chi connectivity index (χ3n) is 2.01. The van der Waals surface area contributed by atoms with Crippen LogP contribution in [0.1, 0.15) is 32.9 Å². The number of hydrogen-bond acceptors (Lipinski definition) is 4. The minimum atomic E-state index is 0.0739. The van der Waals surface area contributed by atoms with Gasteiger partial charge in [-0.3, -0.25) is 0 Å². The summed E-state index contributed by atoms with van der Waals surface area (Å²) < 4.78 is 5.68. The van der Waals surface area contributed by atoms with Crippen LogP contribution in [0.3, 0.4) is 0 Å². The van der Waals surface area contributed by atoms with Crippen LogP contribution in [0.15, 0.2) is 12.4 Å². The number of hydrogen-bond donors (Lipinski definition) is 1. The number of nitrogens with two attached hydrogens (primary N) is 1. The Balaban J connectivity index is 2.76.